The summed E-state index contributed by atoms with van der Waals surface area (Å²) in [6.45, 7) is 2.07. The van der Waals surface area contributed by atoms with Crippen molar-refractivity contribution in [2.75, 3.05) is 0 Å². The number of rotatable bonds is 6. The molecular formula is C17H17N3O2S. The van der Waals surface area contributed by atoms with E-state index in [0.29, 0.717) is 10.9 Å². The van der Waals surface area contributed by atoms with Crippen LogP contribution in [-0.2, 0) is 12.2 Å². The molecule has 5 nitrogen and oxygen atoms in total. The van der Waals surface area contributed by atoms with Gasteiger partial charge >= 0.3 is 0 Å². The van der Waals surface area contributed by atoms with Crippen molar-refractivity contribution in [3.05, 3.63) is 64.2 Å². The molecule has 0 unspecified atom stereocenters. The number of nitrogens with one attached hydrogen (secondary N) is 1. The summed E-state index contributed by atoms with van der Waals surface area (Å²) < 4.78 is 5.37. The summed E-state index contributed by atoms with van der Waals surface area (Å²) in [7, 11) is 0. The highest BCUT2D eigenvalue weighted by Crippen LogP contribution is 2.23. The molecule has 0 saturated carbocycles. The molecule has 0 bridgehead atoms. The van der Waals surface area contributed by atoms with E-state index < -0.39 is 0 Å². The van der Waals surface area contributed by atoms with Crippen LogP contribution in [0.1, 0.15) is 24.7 Å². The standard InChI is InChI=1S/C17H17N3O2S/c1-2-6-13-10-16(21)19-17(18-13)23-11-14-9-15(22-20-14)12-7-4-3-5-8-12/h3-5,7-10H,2,6,11H2,1H3,(H,18,19,21). The zero-order valence-electron chi connectivity index (χ0n) is 12.8. The maximum absolute atomic E-state index is 11.6. The Labute approximate surface area is 138 Å². The van der Waals surface area contributed by atoms with E-state index >= 15 is 0 Å². The van der Waals surface area contributed by atoms with E-state index in [1.54, 1.807) is 6.07 Å². The van der Waals surface area contributed by atoms with E-state index in [4.69, 9.17) is 4.52 Å². The van der Waals surface area contributed by atoms with Crippen molar-refractivity contribution >= 4 is 11.8 Å². The maximum atomic E-state index is 11.6. The van der Waals surface area contributed by atoms with Crippen LogP contribution < -0.4 is 5.56 Å². The van der Waals surface area contributed by atoms with Gasteiger partial charge in [-0.2, -0.15) is 0 Å². The van der Waals surface area contributed by atoms with Gasteiger partial charge in [-0.05, 0) is 6.42 Å². The van der Waals surface area contributed by atoms with E-state index in [0.717, 1.165) is 35.6 Å². The molecule has 3 rings (SSSR count). The Balaban J connectivity index is 1.69. The number of aromatic amines is 1. The van der Waals surface area contributed by atoms with Crippen molar-refractivity contribution in [1.82, 2.24) is 15.1 Å². The molecule has 0 amide bonds. The lowest BCUT2D eigenvalue weighted by atomic mass is 10.2. The monoisotopic (exact) mass is 327 g/mol. The van der Waals surface area contributed by atoms with Crippen molar-refractivity contribution in [3.8, 4) is 11.3 Å². The summed E-state index contributed by atoms with van der Waals surface area (Å²) in [5, 5.41) is 4.69. The molecule has 0 saturated heterocycles. The Morgan fingerprint density at radius 2 is 2.00 bits per heavy atom. The number of thioether (sulfide) groups is 1. The molecule has 2 aromatic heterocycles. The molecule has 0 aliphatic heterocycles. The van der Waals surface area contributed by atoms with E-state index in [9.17, 15) is 4.79 Å². The largest absolute Gasteiger partial charge is 0.356 e. The van der Waals surface area contributed by atoms with Gasteiger partial charge in [-0.1, -0.05) is 60.6 Å². The first-order valence-corrected chi connectivity index (χ1v) is 8.47. The molecule has 0 spiro atoms. The molecule has 0 radical (unpaired) electrons. The molecule has 1 aromatic carbocycles. The van der Waals surface area contributed by atoms with Gasteiger partial charge in [-0.15, -0.1) is 0 Å². The van der Waals surface area contributed by atoms with E-state index in [2.05, 4.69) is 22.0 Å². The summed E-state index contributed by atoms with van der Waals surface area (Å²) in [6, 6.07) is 13.3. The van der Waals surface area contributed by atoms with Crippen LogP contribution in [0, 0.1) is 0 Å². The van der Waals surface area contributed by atoms with Crippen molar-refractivity contribution in [3.63, 3.8) is 0 Å². The van der Waals surface area contributed by atoms with Crippen LogP contribution in [-0.4, -0.2) is 15.1 Å². The van der Waals surface area contributed by atoms with E-state index in [1.165, 1.54) is 11.8 Å². The highest BCUT2D eigenvalue weighted by atomic mass is 32.2. The van der Waals surface area contributed by atoms with Crippen LogP contribution in [0.2, 0.25) is 0 Å². The van der Waals surface area contributed by atoms with Gasteiger partial charge in [0.2, 0.25) is 0 Å². The number of hydrogen-bond donors (Lipinski definition) is 1. The molecule has 118 valence electrons. The van der Waals surface area contributed by atoms with Crippen LogP contribution in [0.3, 0.4) is 0 Å². The normalized spacial score (nSPS) is 10.8. The van der Waals surface area contributed by atoms with Crippen molar-refractivity contribution in [1.29, 1.82) is 0 Å². The van der Waals surface area contributed by atoms with Crippen molar-refractivity contribution in [2.24, 2.45) is 0 Å². The second-order valence-corrected chi connectivity index (χ2v) is 6.09. The van der Waals surface area contributed by atoms with Gasteiger partial charge in [0.1, 0.15) is 0 Å². The molecule has 0 atom stereocenters. The van der Waals surface area contributed by atoms with Gasteiger partial charge in [-0.25, -0.2) is 4.98 Å². The Kier molecular flexibility index (Phi) is 4.92. The molecule has 0 fully saturated rings. The molecule has 23 heavy (non-hydrogen) atoms. The highest BCUT2D eigenvalue weighted by molar-refractivity contribution is 7.98. The van der Waals surface area contributed by atoms with Crippen LogP contribution >= 0.6 is 11.8 Å². The summed E-state index contributed by atoms with van der Waals surface area (Å²) >= 11 is 1.45. The summed E-state index contributed by atoms with van der Waals surface area (Å²) in [4.78, 5) is 18.8. The molecule has 0 aliphatic carbocycles. The molecular weight excluding hydrogens is 310 g/mol. The maximum Gasteiger partial charge on any atom is 0.251 e. The topological polar surface area (TPSA) is 71.8 Å². The van der Waals surface area contributed by atoms with Gasteiger partial charge < -0.3 is 9.51 Å². The molecule has 2 heterocycles. The number of aromatic nitrogens is 3. The zero-order valence-corrected chi connectivity index (χ0v) is 13.6. The average molecular weight is 327 g/mol. The third-order valence-corrected chi connectivity index (χ3v) is 4.16. The minimum atomic E-state index is -0.115. The fourth-order valence-electron chi connectivity index (χ4n) is 2.20. The Morgan fingerprint density at radius 1 is 1.17 bits per heavy atom. The Bertz CT molecular complexity index is 827. The second-order valence-electron chi connectivity index (χ2n) is 5.13. The second kappa shape index (κ2) is 7.28. The predicted octanol–water partition coefficient (Wildman–Crippen LogP) is 3.67. The van der Waals surface area contributed by atoms with Gasteiger partial charge in [0.25, 0.3) is 5.56 Å². The SMILES string of the molecule is CCCc1cc(=O)[nH]c(SCc2cc(-c3ccccc3)on2)n1. The first-order chi connectivity index (χ1) is 11.2. The number of H-pyrrole nitrogens is 1. The lowest BCUT2D eigenvalue weighted by Crippen LogP contribution is -2.09. The van der Waals surface area contributed by atoms with Crippen molar-refractivity contribution < 1.29 is 4.52 Å². The highest BCUT2D eigenvalue weighted by Gasteiger charge is 2.08. The average Bonchev–Trinajstić information content (AvgIpc) is 3.03. The first kappa shape index (κ1) is 15.6. The lowest BCUT2D eigenvalue weighted by Gasteiger charge is -2.01. The number of benzene rings is 1. The fraction of sp³-hybridized carbons (Fsp3) is 0.235. The van der Waals surface area contributed by atoms with Gasteiger partial charge in [0.05, 0.1) is 5.69 Å². The smallest absolute Gasteiger partial charge is 0.251 e. The minimum Gasteiger partial charge on any atom is -0.356 e. The van der Waals surface area contributed by atoms with Crippen LogP contribution in [0.25, 0.3) is 11.3 Å². The fourth-order valence-corrected chi connectivity index (χ4v) is 2.97. The number of aryl methyl sites for hydroxylation is 1. The van der Waals surface area contributed by atoms with Gasteiger partial charge in [0, 0.05) is 29.1 Å². The van der Waals surface area contributed by atoms with Crippen molar-refractivity contribution in [2.45, 2.75) is 30.7 Å². The van der Waals surface area contributed by atoms with Crippen LogP contribution in [0.4, 0.5) is 0 Å². The Hall–Kier alpha value is -2.34. The predicted molar refractivity (Wildman–Crippen MR) is 90.4 cm³/mol. The molecule has 0 aliphatic rings. The van der Waals surface area contributed by atoms with E-state index in [-0.39, 0.29) is 5.56 Å². The summed E-state index contributed by atoms with van der Waals surface area (Å²) in [6.07, 6.45) is 1.77. The summed E-state index contributed by atoms with van der Waals surface area (Å²) in [5.74, 6) is 1.33. The lowest BCUT2D eigenvalue weighted by molar-refractivity contribution is 0.426. The van der Waals surface area contributed by atoms with Gasteiger partial charge in [-0.3, -0.25) is 4.79 Å². The first-order valence-electron chi connectivity index (χ1n) is 7.48. The molecule has 3 aromatic rings. The quantitative estimate of drug-likeness (QED) is 0.552. The third kappa shape index (κ3) is 4.10. The van der Waals surface area contributed by atoms with Crippen LogP contribution in [0.15, 0.2) is 56.9 Å². The zero-order chi connectivity index (χ0) is 16.1. The number of nitrogens with zero attached hydrogens (tertiary/aromatic N) is 2. The van der Waals surface area contributed by atoms with Crippen LogP contribution in [0.5, 0.6) is 0 Å². The van der Waals surface area contributed by atoms with E-state index in [1.807, 2.05) is 36.4 Å². The van der Waals surface area contributed by atoms with Gasteiger partial charge in [0.15, 0.2) is 10.9 Å². The number of hydrogen-bond acceptors (Lipinski definition) is 5. The summed E-state index contributed by atoms with van der Waals surface area (Å²) in [5.41, 5.74) is 2.52. The molecule has 1 N–H and O–H groups in total. The third-order valence-electron chi connectivity index (χ3n) is 3.25. The Morgan fingerprint density at radius 3 is 2.78 bits per heavy atom. The minimum absolute atomic E-state index is 0.115. The molecule has 6 heteroatoms.